The van der Waals surface area contributed by atoms with Crippen molar-refractivity contribution in [2.75, 3.05) is 5.32 Å². The van der Waals surface area contributed by atoms with Crippen LogP contribution in [0.2, 0.25) is 0 Å². The van der Waals surface area contributed by atoms with Crippen molar-refractivity contribution in [3.05, 3.63) is 72.3 Å². The van der Waals surface area contributed by atoms with Crippen LogP contribution in [0.15, 0.2) is 66.7 Å². The number of anilines is 1. The number of nitrogens with one attached hydrogen (secondary N) is 1. The van der Waals surface area contributed by atoms with E-state index in [0.717, 1.165) is 16.9 Å². The van der Waals surface area contributed by atoms with Gasteiger partial charge < -0.3 is 5.32 Å². The molecule has 0 spiro atoms. The smallest absolute Gasteiger partial charge is 0.0934 e. The van der Waals surface area contributed by atoms with Gasteiger partial charge in [-0.2, -0.15) is 5.26 Å². The first kappa shape index (κ1) is 11.0. The summed E-state index contributed by atoms with van der Waals surface area (Å²) in [4.78, 5) is 0. The highest BCUT2D eigenvalue weighted by atomic mass is 14.9. The molecule has 1 N–H and O–H groups in total. The molecule has 0 aliphatic rings. The van der Waals surface area contributed by atoms with Crippen LogP contribution < -0.4 is 5.32 Å². The SMILES string of the molecule is N#C/C=C(\Nc1ccccc1)c1ccccc1. The number of hydrogen-bond donors (Lipinski definition) is 1. The summed E-state index contributed by atoms with van der Waals surface area (Å²) >= 11 is 0. The van der Waals surface area contributed by atoms with Crippen LogP contribution in [0.5, 0.6) is 0 Å². The molecule has 0 saturated carbocycles. The first-order chi connectivity index (χ1) is 8.40. The van der Waals surface area contributed by atoms with Crippen molar-refractivity contribution in [2.24, 2.45) is 0 Å². The number of para-hydroxylation sites is 1. The molecule has 2 heteroatoms. The summed E-state index contributed by atoms with van der Waals surface area (Å²) in [5, 5.41) is 12.0. The fourth-order valence-electron chi connectivity index (χ4n) is 1.55. The zero-order valence-corrected chi connectivity index (χ0v) is 9.30. The van der Waals surface area contributed by atoms with Crippen LogP contribution in [0.3, 0.4) is 0 Å². The number of allylic oxidation sites excluding steroid dienone is 1. The van der Waals surface area contributed by atoms with E-state index in [-0.39, 0.29) is 0 Å². The average Bonchev–Trinajstić information content (AvgIpc) is 2.40. The van der Waals surface area contributed by atoms with E-state index in [4.69, 9.17) is 5.26 Å². The van der Waals surface area contributed by atoms with Gasteiger partial charge in [0.05, 0.1) is 11.8 Å². The van der Waals surface area contributed by atoms with Crippen molar-refractivity contribution >= 4 is 11.4 Å². The molecule has 0 saturated heterocycles. The van der Waals surface area contributed by atoms with E-state index < -0.39 is 0 Å². The quantitative estimate of drug-likeness (QED) is 0.801. The first-order valence-electron chi connectivity index (χ1n) is 5.37. The highest BCUT2D eigenvalue weighted by molar-refractivity contribution is 5.77. The van der Waals surface area contributed by atoms with E-state index in [1.807, 2.05) is 60.7 Å². The maximum absolute atomic E-state index is 8.81. The van der Waals surface area contributed by atoms with Crippen LogP contribution in [0.25, 0.3) is 5.70 Å². The summed E-state index contributed by atoms with van der Waals surface area (Å²) < 4.78 is 0. The van der Waals surface area contributed by atoms with Gasteiger partial charge >= 0.3 is 0 Å². The van der Waals surface area contributed by atoms with Crippen LogP contribution in [-0.4, -0.2) is 0 Å². The Morgan fingerprint density at radius 2 is 1.53 bits per heavy atom. The molecule has 2 nitrogen and oxygen atoms in total. The monoisotopic (exact) mass is 220 g/mol. The third kappa shape index (κ3) is 2.96. The summed E-state index contributed by atoms with van der Waals surface area (Å²) in [6.45, 7) is 0. The molecule has 0 aliphatic carbocycles. The minimum Gasteiger partial charge on any atom is -0.354 e. The molecule has 0 amide bonds. The van der Waals surface area contributed by atoms with Crippen molar-refractivity contribution in [3.8, 4) is 6.07 Å². The van der Waals surface area contributed by atoms with E-state index in [0.29, 0.717) is 0 Å². The summed E-state index contributed by atoms with van der Waals surface area (Å²) in [6.07, 6.45) is 1.52. The molecule has 0 heterocycles. The second-order valence-corrected chi connectivity index (χ2v) is 3.54. The van der Waals surface area contributed by atoms with E-state index in [9.17, 15) is 0 Å². The molecular formula is C15H12N2. The van der Waals surface area contributed by atoms with Crippen molar-refractivity contribution in [1.82, 2.24) is 0 Å². The Hall–Kier alpha value is -2.53. The Morgan fingerprint density at radius 1 is 0.941 bits per heavy atom. The van der Waals surface area contributed by atoms with Crippen LogP contribution >= 0.6 is 0 Å². The third-order valence-corrected chi connectivity index (χ3v) is 2.35. The Bertz CT molecular complexity index is 536. The molecule has 0 unspecified atom stereocenters. The van der Waals surface area contributed by atoms with E-state index >= 15 is 0 Å². The number of nitrogens with zero attached hydrogens (tertiary/aromatic N) is 1. The van der Waals surface area contributed by atoms with Gasteiger partial charge in [-0.15, -0.1) is 0 Å². The number of nitriles is 1. The lowest BCUT2D eigenvalue weighted by atomic mass is 10.1. The molecule has 2 rings (SSSR count). The largest absolute Gasteiger partial charge is 0.354 e. The van der Waals surface area contributed by atoms with E-state index in [1.165, 1.54) is 6.08 Å². The minimum atomic E-state index is 0.805. The summed E-state index contributed by atoms with van der Waals surface area (Å²) in [5.41, 5.74) is 2.77. The molecule has 2 aromatic carbocycles. The normalized spacial score (nSPS) is 10.6. The average molecular weight is 220 g/mol. The third-order valence-electron chi connectivity index (χ3n) is 2.35. The van der Waals surface area contributed by atoms with Crippen LogP contribution in [-0.2, 0) is 0 Å². The van der Waals surface area contributed by atoms with Crippen LogP contribution in [0, 0.1) is 11.3 Å². The Labute approximate surface area is 101 Å². The van der Waals surface area contributed by atoms with E-state index in [2.05, 4.69) is 11.4 Å². The topological polar surface area (TPSA) is 35.8 Å². The lowest BCUT2D eigenvalue weighted by Gasteiger charge is -2.09. The lowest BCUT2D eigenvalue weighted by molar-refractivity contribution is 1.50. The van der Waals surface area contributed by atoms with E-state index in [1.54, 1.807) is 0 Å². The predicted octanol–water partition coefficient (Wildman–Crippen LogP) is 3.66. The highest BCUT2D eigenvalue weighted by Crippen LogP contribution is 2.17. The second-order valence-electron chi connectivity index (χ2n) is 3.54. The zero-order valence-electron chi connectivity index (χ0n) is 9.30. The number of rotatable bonds is 3. The van der Waals surface area contributed by atoms with Gasteiger partial charge in [-0.05, 0) is 17.7 Å². The molecule has 0 radical (unpaired) electrons. The molecule has 0 atom stereocenters. The molecule has 2 aromatic rings. The zero-order chi connectivity index (χ0) is 11.9. The van der Waals surface area contributed by atoms with Gasteiger partial charge in [0, 0.05) is 11.8 Å². The summed E-state index contributed by atoms with van der Waals surface area (Å²) in [6, 6.07) is 21.7. The van der Waals surface area contributed by atoms with Gasteiger partial charge in [-0.3, -0.25) is 0 Å². The fourth-order valence-corrected chi connectivity index (χ4v) is 1.55. The Balaban J connectivity index is 2.27. The van der Waals surface area contributed by atoms with Gasteiger partial charge in [0.1, 0.15) is 0 Å². The molecule has 0 aromatic heterocycles. The van der Waals surface area contributed by atoms with Crippen LogP contribution in [0.4, 0.5) is 5.69 Å². The summed E-state index contributed by atoms with van der Waals surface area (Å²) in [5.74, 6) is 0. The van der Waals surface area contributed by atoms with Crippen molar-refractivity contribution in [2.45, 2.75) is 0 Å². The molecular weight excluding hydrogens is 208 g/mol. The van der Waals surface area contributed by atoms with Gasteiger partial charge in [-0.1, -0.05) is 48.5 Å². The molecule has 82 valence electrons. The van der Waals surface area contributed by atoms with Crippen molar-refractivity contribution in [3.63, 3.8) is 0 Å². The first-order valence-corrected chi connectivity index (χ1v) is 5.37. The second kappa shape index (κ2) is 5.53. The fraction of sp³-hybridized carbons (Fsp3) is 0. The van der Waals surface area contributed by atoms with Crippen LogP contribution in [0.1, 0.15) is 5.56 Å². The summed E-state index contributed by atoms with van der Waals surface area (Å²) in [7, 11) is 0. The van der Waals surface area contributed by atoms with Gasteiger partial charge in [0.25, 0.3) is 0 Å². The maximum atomic E-state index is 8.81. The lowest BCUT2D eigenvalue weighted by Crippen LogP contribution is -1.98. The van der Waals surface area contributed by atoms with Crippen molar-refractivity contribution < 1.29 is 0 Å². The molecule has 17 heavy (non-hydrogen) atoms. The highest BCUT2D eigenvalue weighted by Gasteiger charge is 2.00. The number of benzene rings is 2. The van der Waals surface area contributed by atoms with Crippen molar-refractivity contribution in [1.29, 1.82) is 5.26 Å². The standard InChI is InChI=1S/C15H12N2/c16-12-11-15(13-7-3-1-4-8-13)17-14-9-5-2-6-10-14/h1-11,17H/b15-11-. The molecule has 0 bridgehead atoms. The predicted molar refractivity (Wildman–Crippen MR) is 70.1 cm³/mol. The Kier molecular flexibility index (Phi) is 3.57. The van der Waals surface area contributed by atoms with Gasteiger partial charge in [0.15, 0.2) is 0 Å². The van der Waals surface area contributed by atoms with Gasteiger partial charge in [-0.25, -0.2) is 0 Å². The molecule has 0 fully saturated rings. The maximum Gasteiger partial charge on any atom is 0.0934 e. The number of hydrogen-bond acceptors (Lipinski definition) is 2. The Morgan fingerprint density at radius 3 is 2.12 bits per heavy atom. The molecule has 0 aliphatic heterocycles. The minimum absolute atomic E-state index is 0.805. The van der Waals surface area contributed by atoms with Gasteiger partial charge in [0.2, 0.25) is 0 Å².